The van der Waals surface area contributed by atoms with Gasteiger partial charge in [0.05, 0.1) is 13.1 Å². The number of carbonyl (C=O) groups excluding carboxylic acids is 1. The lowest BCUT2D eigenvalue weighted by molar-refractivity contribution is -0.127. The minimum absolute atomic E-state index is 0. The Morgan fingerprint density at radius 2 is 2.00 bits per heavy atom. The number of rotatable bonds is 6. The van der Waals surface area contributed by atoms with E-state index in [-0.39, 0.29) is 36.4 Å². The van der Waals surface area contributed by atoms with Crippen LogP contribution in [0.25, 0.3) is 0 Å². The van der Waals surface area contributed by atoms with Gasteiger partial charge < -0.3 is 20.4 Å². The second kappa shape index (κ2) is 11.9. The van der Waals surface area contributed by atoms with Gasteiger partial charge in [-0.2, -0.15) is 0 Å². The number of amides is 1. The summed E-state index contributed by atoms with van der Waals surface area (Å²) in [4.78, 5) is 24.7. The predicted octanol–water partition coefficient (Wildman–Crippen LogP) is 1.83. The Kier molecular flexibility index (Phi) is 10.3. The Balaban J connectivity index is 0.00000338. The van der Waals surface area contributed by atoms with E-state index in [2.05, 4.69) is 31.6 Å². The number of aromatic nitrogens is 1. The summed E-state index contributed by atoms with van der Waals surface area (Å²) in [5.41, 5.74) is 1.12. The predicted molar refractivity (Wildman–Crippen MR) is 117 cm³/mol. The minimum Gasteiger partial charge on any atom is -0.357 e. The molecule has 1 aliphatic heterocycles. The van der Waals surface area contributed by atoms with Gasteiger partial charge in [-0.05, 0) is 43.9 Å². The zero-order chi connectivity index (χ0) is 18.1. The van der Waals surface area contributed by atoms with Crippen LogP contribution in [0.15, 0.2) is 23.3 Å². The molecule has 2 N–H and O–H groups in total. The Hall–Kier alpha value is -1.58. The van der Waals surface area contributed by atoms with Crippen LogP contribution in [-0.4, -0.2) is 62.0 Å². The second-order valence-electron chi connectivity index (χ2n) is 6.41. The van der Waals surface area contributed by atoms with Crippen LogP contribution in [-0.2, 0) is 11.3 Å². The molecule has 0 saturated carbocycles. The van der Waals surface area contributed by atoms with Crippen molar-refractivity contribution in [2.45, 2.75) is 32.7 Å². The van der Waals surface area contributed by atoms with Gasteiger partial charge in [-0.3, -0.25) is 4.79 Å². The highest BCUT2D eigenvalue weighted by molar-refractivity contribution is 14.0. The van der Waals surface area contributed by atoms with Gasteiger partial charge in [0.15, 0.2) is 5.96 Å². The van der Waals surface area contributed by atoms with Gasteiger partial charge in [-0.15, -0.1) is 24.0 Å². The molecule has 0 radical (unpaired) electrons. The smallest absolute Gasteiger partial charge is 0.241 e. The summed E-state index contributed by atoms with van der Waals surface area (Å²) in [6.07, 6.45) is 5.63. The number of pyridine rings is 1. The van der Waals surface area contributed by atoms with Gasteiger partial charge in [-0.1, -0.05) is 0 Å². The molecule has 7 nitrogen and oxygen atoms in total. The standard InChI is InChI=1S/C18H30N6O.HI/c1-4-19-18(22-14-17(25)23(2)3)21-13-15-8-9-20-16(12-15)24-10-6-5-7-11-24;/h8-9,12H,4-7,10-11,13-14H2,1-3H3,(H2,19,21,22);1H. The zero-order valence-electron chi connectivity index (χ0n) is 16.0. The van der Waals surface area contributed by atoms with Gasteiger partial charge in [-0.25, -0.2) is 9.98 Å². The number of halogens is 1. The largest absolute Gasteiger partial charge is 0.357 e. The van der Waals surface area contributed by atoms with Crippen molar-refractivity contribution in [1.29, 1.82) is 0 Å². The molecule has 1 aliphatic rings. The molecule has 0 aliphatic carbocycles. The molecule has 2 rings (SSSR count). The number of carbonyl (C=O) groups is 1. The van der Waals surface area contributed by atoms with E-state index in [9.17, 15) is 4.79 Å². The van der Waals surface area contributed by atoms with E-state index in [1.165, 1.54) is 19.3 Å². The van der Waals surface area contributed by atoms with Crippen molar-refractivity contribution in [3.63, 3.8) is 0 Å². The third-order valence-corrected chi connectivity index (χ3v) is 4.16. The maximum atomic E-state index is 11.7. The molecule has 1 aromatic heterocycles. The fraction of sp³-hybridized carbons (Fsp3) is 0.611. The van der Waals surface area contributed by atoms with Crippen LogP contribution >= 0.6 is 24.0 Å². The normalized spacial score (nSPS) is 14.4. The van der Waals surface area contributed by atoms with Crippen LogP contribution < -0.4 is 15.5 Å². The molecule has 0 unspecified atom stereocenters. The van der Waals surface area contributed by atoms with Crippen LogP contribution in [0.4, 0.5) is 5.82 Å². The van der Waals surface area contributed by atoms with Crippen LogP contribution in [0.2, 0.25) is 0 Å². The van der Waals surface area contributed by atoms with E-state index < -0.39 is 0 Å². The van der Waals surface area contributed by atoms with Gasteiger partial charge in [0.1, 0.15) is 5.82 Å². The average Bonchev–Trinajstić information content (AvgIpc) is 2.64. The molecule has 0 spiro atoms. The lowest BCUT2D eigenvalue weighted by atomic mass is 10.1. The Labute approximate surface area is 173 Å². The van der Waals surface area contributed by atoms with Crippen molar-refractivity contribution >= 4 is 41.7 Å². The molecule has 0 aromatic carbocycles. The monoisotopic (exact) mass is 474 g/mol. The minimum atomic E-state index is 0. The van der Waals surface area contributed by atoms with E-state index in [1.54, 1.807) is 19.0 Å². The summed E-state index contributed by atoms with van der Waals surface area (Å²) >= 11 is 0. The van der Waals surface area contributed by atoms with Gasteiger partial charge >= 0.3 is 0 Å². The number of nitrogens with one attached hydrogen (secondary N) is 2. The number of piperidine rings is 1. The lowest BCUT2D eigenvalue weighted by Gasteiger charge is -2.27. The zero-order valence-corrected chi connectivity index (χ0v) is 18.3. The maximum absolute atomic E-state index is 11.7. The highest BCUT2D eigenvalue weighted by Crippen LogP contribution is 2.18. The number of hydrogen-bond acceptors (Lipinski definition) is 4. The van der Waals surface area contributed by atoms with Crippen LogP contribution in [0.1, 0.15) is 31.7 Å². The SMILES string of the molecule is CCNC(=NCc1ccnc(N2CCCCC2)c1)NCC(=O)N(C)C.I. The van der Waals surface area contributed by atoms with Crippen molar-refractivity contribution in [1.82, 2.24) is 20.5 Å². The summed E-state index contributed by atoms with van der Waals surface area (Å²) in [6, 6.07) is 4.11. The average molecular weight is 474 g/mol. The van der Waals surface area contributed by atoms with E-state index in [0.29, 0.717) is 12.5 Å². The number of hydrogen-bond donors (Lipinski definition) is 2. The summed E-state index contributed by atoms with van der Waals surface area (Å²) < 4.78 is 0. The number of anilines is 1. The number of likely N-dealkylation sites (N-methyl/N-ethyl adjacent to an activating group) is 1. The van der Waals surface area contributed by atoms with Crippen molar-refractivity contribution in [2.75, 3.05) is 45.2 Å². The molecular weight excluding hydrogens is 443 g/mol. The van der Waals surface area contributed by atoms with Crippen LogP contribution in [0.3, 0.4) is 0 Å². The van der Waals surface area contributed by atoms with Gasteiger partial charge in [0, 0.05) is 39.9 Å². The molecule has 26 heavy (non-hydrogen) atoms. The third kappa shape index (κ3) is 7.35. The molecule has 1 amide bonds. The first kappa shape index (κ1) is 22.5. The molecule has 1 fully saturated rings. The topological polar surface area (TPSA) is 72.9 Å². The molecule has 1 saturated heterocycles. The summed E-state index contributed by atoms with van der Waals surface area (Å²) in [5.74, 6) is 1.70. The Bertz CT molecular complexity index is 587. The number of guanidine groups is 1. The molecule has 0 atom stereocenters. The third-order valence-electron chi connectivity index (χ3n) is 4.16. The molecule has 146 valence electrons. The molecule has 8 heteroatoms. The van der Waals surface area contributed by atoms with E-state index >= 15 is 0 Å². The molecule has 1 aromatic rings. The fourth-order valence-corrected chi connectivity index (χ4v) is 2.68. The first-order chi connectivity index (χ1) is 12.1. The summed E-state index contributed by atoms with van der Waals surface area (Å²) in [7, 11) is 3.49. The van der Waals surface area contributed by atoms with E-state index in [4.69, 9.17) is 0 Å². The highest BCUT2D eigenvalue weighted by Gasteiger charge is 2.12. The van der Waals surface area contributed by atoms with E-state index in [1.807, 2.05) is 19.2 Å². The van der Waals surface area contributed by atoms with Crippen LogP contribution in [0.5, 0.6) is 0 Å². The summed E-state index contributed by atoms with van der Waals surface area (Å²) in [6.45, 7) is 5.69. The number of nitrogens with zero attached hydrogens (tertiary/aromatic N) is 4. The van der Waals surface area contributed by atoms with E-state index in [0.717, 1.165) is 31.0 Å². The quantitative estimate of drug-likeness (QED) is 0.374. The first-order valence-corrected chi connectivity index (χ1v) is 9.02. The van der Waals surface area contributed by atoms with Crippen LogP contribution in [0, 0.1) is 0 Å². The Morgan fingerprint density at radius 3 is 2.65 bits per heavy atom. The van der Waals surface area contributed by atoms with Crippen molar-refractivity contribution in [3.8, 4) is 0 Å². The lowest BCUT2D eigenvalue weighted by Crippen LogP contribution is -2.42. The summed E-state index contributed by atoms with van der Waals surface area (Å²) in [5, 5.41) is 6.24. The first-order valence-electron chi connectivity index (χ1n) is 9.02. The molecule has 0 bridgehead atoms. The maximum Gasteiger partial charge on any atom is 0.241 e. The fourth-order valence-electron chi connectivity index (χ4n) is 2.68. The second-order valence-corrected chi connectivity index (χ2v) is 6.41. The van der Waals surface area contributed by atoms with Gasteiger partial charge in [0.2, 0.25) is 5.91 Å². The van der Waals surface area contributed by atoms with Gasteiger partial charge in [0.25, 0.3) is 0 Å². The van der Waals surface area contributed by atoms with Crippen molar-refractivity contribution in [3.05, 3.63) is 23.9 Å². The Morgan fingerprint density at radius 1 is 1.27 bits per heavy atom. The number of aliphatic imine (C=N–C) groups is 1. The highest BCUT2D eigenvalue weighted by atomic mass is 127. The van der Waals surface area contributed by atoms with Crippen molar-refractivity contribution < 1.29 is 4.79 Å². The molecular formula is C18H31IN6O. The molecule has 2 heterocycles. The van der Waals surface area contributed by atoms with Crippen molar-refractivity contribution in [2.24, 2.45) is 4.99 Å².